The normalized spacial score (nSPS) is 26.1. The zero-order valence-corrected chi connectivity index (χ0v) is 11.8. The fraction of sp³-hybridized carbons (Fsp3) is 0.917. The van der Waals surface area contributed by atoms with Crippen LogP contribution in [0.25, 0.3) is 0 Å². The summed E-state index contributed by atoms with van der Waals surface area (Å²) >= 11 is 0. The highest BCUT2D eigenvalue weighted by Crippen LogP contribution is 2.14. The van der Waals surface area contributed by atoms with Crippen molar-refractivity contribution in [2.24, 2.45) is 10.8 Å². The van der Waals surface area contributed by atoms with E-state index in [1.54, 1.807) is 7.11 Å². The third-order valence-electron chi connectivity index (χ3n) is 3.46. The van der Waals surface area contributed by atoms with Crippen LogP contribution in [0, 0.1) is 0 Å². The number of nitrogens with two attached hydrogens (primary N) is 1. The monoisotopic (exact) mass is 257 g/mol. The number of hydrogen-bond acceptors (Lipinski definition) is 4. The summed E-state index contributed by atoms with van der Waals surface area (Å²) in [4.78, 5) is 6.77. The minimum atomic E-state index is 0.452. The first-order valence-electron chi connectivity index (χ1n) is 6.64. The number of hydrogen-bond donors (Lipinski definition) is 3. The van der Waals surface area contributed by atoms with Crippen molar-refractivity contribution in [2.45, 2.75) is 38.3 Å². The van der Waals surface area contributed by atoms with Gasteiger partial charge in [-0.05, 0) is 33.2 Å². The summed E-state index contributed by atoms with van der Waals surface area (Å²) in [5.74, 6) is 6.17. The smallest absolute Gasteiger partial charge is 0.205 e. The van der Waals surface area contributed by atoms with Crippen LogP contribution in [-0.4, -0.2) is 56.8 Å². The van der Waals surface area contributed by atoms with Gasteiger partial charge in [-0.25, -0.2) is 5.84 Å². The quantitative estimate of drug-likeness (QED) is 0.211. The lowest BCUT2D eigenvalue weighted by Crippen LogP contribution is -2.52. The van der Waals surface area contributed by atoms with E-state index in [4.69, 9.17) is 10.6 Å². The van der Waals surface area contributed by atoms with Gasteiger partial charge in [0, 0.05) is 38.9 Å². The summed E-state index contributed by atoms with van der Waals surface area (Å²) in [5.41, 5.74) is 2.64. The zero-order chi connectivity index (χ0) is 13.4. The summed E-state index contributed by atoms with van der Waals surface area (Å²) in [5, 5.41) is 3.38. The predicted molar refractivity (Wildman–Crippen MR) is 74.4 cm³/mol. The van der Waals surface area contributed by atoms with E-state index in [2.05, 4.69) is 34.6 Å². The Morgan fingerprint density at radius 3 is 2.94 bits per heavy atom. The van der Waals surface area contributed by atoms with Crippen LogP contribution in [0.2, 0.25) is 0 Å². The molecule has 18 heavy (non-hydrogen) atoms. The lowest BCUT2D eigenvalue weighted by atomic mass is 9.99. The molecule has 2 unspecified atom stereocenters. The van der Waals surface area contributed by atoms with Crippen LogP contribution in [-0.2, 0) is 4.74 Å². The van der Waals surface area contributed by atoms with E-state index in [0.29, 0.717) is 18.0 Å². The molecular formula is C12H27N5O. The number of likely N-dealkylation sites (tertiary alicyclic amines) is 1. The van der Waals surface area contributed by atoms with Crippen LogP contribution < -0.4 is 16.6 Å². The fourth-order valence-electron chi connectivity index (χ4n) is 2.15. The van der Waals surface area contributed by atoms with Crippen LogP contribution >= 0.6 is 0 Å². The van der Waals surface area contributed by atoms with Gasteiger partial charge in [0.05, 0.1) is 0 Å². The van der Waals surface area contributed by atoms with E-state index in [9.17, 15) is 0 Å². The van der Waals surface area contributed by atoms with Gasteiger partial charge in [-0.2, -0.15) is 0 Å². The second-order valence-corrected chi connectivity index (χ2v) is 4.92. The number of nitrogens with zero attached hydrogens (tertiary/aromatic N) is 2. The van der Waals surface area contributed by atoms with Gasteiger partial charge in [0.25, 0.3) is 0 Å². The van der Waals surface area contributed by atoms with Crippen molar-refractivity contribution in [1.29, 1.82) is 0 Å². The Hall–Kier alpha value is -0.850. The van der Waals surface area contributed by atoms with E-state index < -0.39 is 0 Å². The highest BCUT2D eigenvalue weighted by molar-refractivity contribution is 5.79. The van der Waals surface area contributed by atoms with Gasteiger partial charge in [0.15, 0.2) is 0 Å². The summed E-state index contributed by atoms with van der Waals surface area (Å²) in [6, 6.07) is 1.05. The Balaban J connectivity index is 2.33. The average molecular weight is 257 g/mol. The molecule has 0 aliphatic carbocycles. The number of hydrazine groups is 1. The number of aliphatic imine (C=N–C) groups is 1. The molecular weight excluding hydrogens is 230 g/mol. The Kier molecular flexibility index (Phi) is 7.00. The number of nitrogens with one attached hydrogen (secondary N) is 2. The molecule has 1 aliphatic heterocycles. The van der Waals surface area contributed by atoms with Gasteiger partial charge in [0.2, 0.25) is 5.96 Å². The van der Waals surface area contributed by atoms with Crippen molar-refractivity contribution in [3.05, 3.63) is 0 Å². The molecule has 1 fully saturated rings. The van der Waals surface area contributed by atoms with Crippen molar-refractivity contribution in [2.75, 3.05) is 33.9 Å². The third-order valence-corrected chi connectivity index (χ3v) is 3.46. The van der Waals surface area contributed by atoms with E-state index in [1.807, 2.05) is 0 Å². The van der Waals surface area contributed by atoms with Gasteiger partial charge in [-0.3, -0.25) is 10.4 Å². The first kappa shape index (κ1) is 15.2. The lowest BCUT2D eigenvalue weighted by molar-refractivity contribution is 0.176. The lowest BCUT2D eigenvalue weighted by Gasteiger charge is -2.35. The first-order chi connectivity index (χ1) is 8.67. The number of rotatable bonds is 5. The molecule has 0 aromatic carbocycles. The molecule has 1 rings (SSSR count). The zero-order valence-electron chi connectivity index (χ0n) is 11.8. The van der Waals surface area contributed by atoms with Gasteiger partial charge < -0.3 is 15.0 Å². The summed E-state index contributed by atoms with van der Waals surface area (Å²) in [7, 11) is 3.87. The Morgan fingerprint density at radius 2 is 2.33 bits per heavy atom. The molecule has 106 valence electrons. The van der Waals surface area contributed by atoms with Gasteiger partial charge >= 0.3 is 0 Å². The van der Waals surface area contributed by atoms with Crippen LogP contribution in [0.1, 0.15) is 26.2 Å². The van der Waals surface area contributed by atoms with Crippen molar-refractivity contribution in [3.63, 3.8) is 0 Å². The summed E-state index contributed by atoms with van der Waals surface area (Å²) in [6.07, 6.45) is 3.15. The second-order valence-electron chi connectivity index (χ2n) is 4.92. The molecule has 0 bridgehead atoms. The van der Waals surface area contributed by atoms with Crippen LogP contribution in [0.3, 0.4) is 0 Å². The predicted octanol–water partition coefficient (Wildman–Crippen LogP) is -0.0855. The molecule has 1 heterocycles. The maximum absolute atomic E-state index is 5.48. The molecule has 0 saturated carbocycles. The second kappa shape index (κ2) is 8.29. The van der Waals surface area contributed by atoms with Crippen LogP contribution in [0.15, 0.2) is 4.99 Å². The molecule has 0 aromatic heterocycles. The number of piperidine rings is 1. The highest BCUT2D eigenvalue weighted by Gasteiger charge is 2.23. The first-order valence-corrected chi connectivity index (χ1v) is 6.64. The molecule has 2 atom stereocenters. The Morgan fingerprint density at radius 1 is 1.56 bits per heavy atom. The highest BCUT2D eigenvalue weighted by atomic mass is 16.5. The average Bonchev–Trinajstić information content (AvgIpc) is 2.37. The van der Waals surface area contributed by atoms with Gasteiger partial charge in [0.1, 0.15) is 0 Å². The van der Waals surface area contributed by atoms with Gasteiger partial charge in [-0.1, -0.05) is 0 Å². The van der Waals surface area contributed by atoms with Crippen molar-refractivity contribution < 1.29 is 4.74 Å². The molecule has 0 spiro atoms. The number of methoxy groups -OCH3 is 1. The van der Waals surface area contributed by atoms with Gasteiger partial charge in [-0.15, -0.1) is 0 Å². The largest absolute Gasteiger partial charge is 0.385 e. The molecule has 6 nitrogen and oxygen atoms in total. The minimum absolute atomic E-state index is 0.452. The topological polar surface area (TPSA) is 74.9 Å². The summed E-state index contributed by atoms with van der Waals surface area (Å²) < 4.78 is 4.99. The number of guanidine groups is 1. The maximum Gasteiger partial charge on any atom is 0.205 e. The molecule has 0 radical (unpaired) electrons. The van der Waals surface area contributed by atoms with Crippen LogP contribution in [0.5, 0.6) is 0 Å². The molecule has 0 amide bonds. The van der Waals surface area contributed by atoms with E-state index in [0.717, 1.165) is 39.0 Å². The minimum Gasteiger partial charge on any atom is -0.385 e. The maximum atomic E-state index is 5.48. The van der Waals surface area contributed by atoms with E-state index in [-0.39, 0.29) is 0 Å². The van der Waals surface area contributed by atoms with E-state index >= 15 is 0 Å². The van der Waals surface area contributed by atoms with Crippen molar-refractivity contribution >= 4 is 5.96 Å². The van der Waals surface area contributed by atoms with Crippen molar-refractivity contribution in [1.82, 2.24) is 15.6 Å². The van der Waals surface area contributed by atoms with E-state index in [1.165, 1.54) is 0 Å². The molecule has 4 N–H and O–H groups in total. The Labute approximate surface area is 110 Å². The standard InChI is InChI=1S/C12H27N5O/c1-10-9-11(5-7-17(10)2)15-12(16-13)14-6-4-8-18-3/h10-11H,4-9,13H2,1-3H3,(H2,14,15,16). The van der Waals surface area contributed by atoms with Crippen molar-refractivity contribution in [3.8, 4) is 0 Å². The molecule has 6 heteroatoms. The van der Waals surface area contributed by atoms with Crippen LogP contribution in [0.4, 0.5) is 0 Å². The third kappa shape index (κ3) is 5.20. The molecule has 0 aromatic rings. The fourth-order valence-corrected chi connectivity index (χ4v) is 2.15. The SMILES string of the molecule is COCCCN=C(NN)NC1CCN(C)C(C)C1. The Bertz CT molecular complexity index is 259. The number of ether oxygens (including phenoxy) is 1. The molecule has 1 aliphatic rings. The summed E-state index contributed by atoms with van der Waals surface area (Å²) in [6.45, 7) is 4.81. The molecule has 1 saturated heterocycles.